The number of likely N-dealkylation sites (tertiary alicyclic amines) is 1. The fourth-order valence-corrected chi connectivity index (χ4v) is 2.59. The van der Waals surface area contributed by atoms with Gasteiger partial charge < -0.3 is 10.0 Å². The quantitative estimate of drug-likeness (QED) is 0.873. The zero-order valence-corrected chi connectivity index (χ0v) is 11.1. The molecule has 18 heavy (non-hydrogen) atoms. The van der Waals surface area contributed by atoms with Crippen LogP contribution in [0.1, 0.15) is 37.0 Å². The molecule has 1 N–H and O–H groups in total. The van der Waals surface area contributed by atoms with E-state index in [-0.39, 0.29) is 11.7 Å². The van der Waals surface area contributed by atoms with Crippen molar-refractivity contribution >= 4 is 5.91 Å². The van der Waals surface area contributed by atoms with Crippen LogP contribution in [0.15, 0.2) is 24.3 Å². The Kier molecular flexibility index (Phi) is 3.90. The lowest BCUT2D eigenvalue weighted by Crippen LogP contribution is -2.39. The molecule has 0 atom stereocenters. The van der Waals surface area contributed by atoms with E-state index in [2.05, 4.69) is 13.8 Å². The van der Waals surface area contributed by atoms with Gasteiger partial charge in [-0.3, -0.25) is 4.79 Å². The molecule has 0 saturated carbocycles. The predicted octanol–water partition coefficient (Wildman–Crippen LogP) is 2.90. The molecule has 1 aromatic carbocycles. The third-order valence-electron chi connectivity index (χ3n) is 3.90. The fourth-order valence-electron chi connectivity index (χ4n) is 2.59. The lowest BCUT2D eigenvalue weighted by atomic mass is 9.86. The van der Waals surface area contributed by atoms with E-state index in [4.69, 9.17) is 0 Å². The van der Waals surface area contributed by atoms with Crippen LogP contribution in [0.4, 0.5) is 0 Å². The summed E-state index contributed by atoms with van der Waals surface area (Å²) in [7, 11) is 0. The molecule has 0 aromatic heterocycles. The number of carbonyl (C=O) groups excluding carboxylic acids is 1. The van der Waals surface area contributed by atoms with E-state index in [1.165, 1.54) is 0 Å². The van der Waals surface area contributed by atoms with Crippen molar-refractivity contribution in [3.8, 4) is 5.75 Å². The molecular formula is C15H21NO2. The van der Waals surface area contributed by atoms with Gasteiger partial charge in [0.05, 0.1) is 5.56 Å². The highest BCUT2D eigenvalue weighted by atomic mass is 16.3. The Morgan fingerprint density at radius 2 is 1.89 bits per heavy atom. The largest absolute Gasteiger partial charge is 0.507 e. The number of rotatable bonds is 2. The second-order valence-corrected chi connectivity index (χ2v) is 5.39. The summed E-state index contributed by atoms with van der Waals surface area (Å²) < 4.78 is 0. The number of carbonyl (C=O) groups is 1. The van der Waals surface area contributed by atoms with Crippen molar-refractivity contribution in [2.75, 3.05) is 13.1 Å². The number of hydrogen-bond acceptors (Lipinski definition) is 2. The molecule has 1 aromatic rings. The average Bonchev–Trinajstić information content (AvgIpc) is 2.38. The SMILES string of the molecule is CC(C)C1CCN(C(=O)c2ccccc2O)CC1. The Labute approximate surface area is 108 Å². The van der Waals surface area contributed by atoms with Gasteiger partial charge in [0.2, 0.25) is 0 Å². The van der Waals surface area contributed by atoms with Gasteiger partial charge in [0.25, 0.3) is 5.91 Å². The summed E-state index contributed by atoms with van der Waals surface area (Å²) in [6.07, 6.45) is 2.13. The van der Waals surface area contributed by atoms with Gasteiger partial charge in [-0.05, 0) is 36.8 Å². The number of nitrogens with zero attached hydrogens (tertiary/aromatic N) is 1. The molecule has 1 fully saturated rings. The summed E-state index contributed by atoms with van der Waals surface area (Å²) >= 11 is 0. The molecule has 0 unspecified atom stereocenters. The number of benzene rings is 1. The third-order valence-corrected chi connectivity index (χ3v) is 3.90. The molecule has 2 rings (SSSR count). The molecule has 1 aliphatic heterocycles. The third kappa shape index (κ3) is 2.66. The minimum absolute atomic E-state index is 0.0460. The zero-order valence-electron chi connectivity index (χ0n) is 11.1. The second-order valence-electron chi connectivity index (χ2n) is 5.39. The summed E-state index contributed by atoms with van der Waals surface area (Å²) in [5, 5.41) is 9.70. The number of phenolic OH excluding ortho intramolecular Hbond substituents is 1. The highest BCUT2D eigenvalue weighted by Gasteiger charge is 2.26. The van der Waals surface area contributed by atoms with Crippen molar-refractivity contribution in [3.05, 3.63) is 29.8 Å². The first-order chi connectivity index (χ1) is 8.59. The standard InChI is InChI=1S/C15H21NO2/c1-11(2)12-7-9-16(10-8-12)15(18)13-5-3-4-6-14(13)17/h3-6,11-12,17H,7-10H2,1-2H3. The molecule has 1 amide bonds. The molecule has 0 bridgehead atoms. The van der Waals surface area contributed by atoms with E-state index in [1.807, 2.05) is 4.90 Å². The van der Waals surface area contributed by atoms with Crippen molar-refractivity contribution < 1.29 is 9.90 Å². The molecule has 0 spiro atoms. The van der Waals surface area contributed by atoms with Crippen LogP contribution in [0, 0.1) is 11.8 Å². The summed E-state index contributed by atoms with van der Waals surface area (Å²) in [5.74, 6) is 1.44. The normalized spacial score (nSPS) is 17.2. The van der Waals surface area contributed by atoms with Crippen LogP contribution in [-0.2, 0) is 0 Å². The zero-order chi connectivity index (χ0) is 13.1. The number of aromatic hydroxyl groups is 1. The van der Waals surface area contributed by atoms with Crippen molar-refractivity contribution in [2.45, 2.75) is 26.7 Å². The van der Waals surface area contributed by atoms with E-state index in [1.54, 1.807) is 24.3 Å². The molecule has 1 heterocycles. The maximum atomic E-state index is 12.3. The number of phenols is 1. The number of para-hydroxylation sites is 1. The minimum atomic E-state index is -0.0460. The molecule has 0 aliphatic carbocycles. The van der Waals surface area contributed by atoms with E-state index in [0.29, 0.717) is 11.5 Å². The Hall–Kier alpha value is -1.51. The van der Waals surface area contributed by atoms with Gasteiger partial charge in [-0.1, -0.05) is 26.0 Å². The lowest BCUT2D eigenvalue weighted by molar-refractivity contribution is 0.0665. The number of hydrogen-bond donors (Lipinski definition) is 1. The molecule has 3 heteroatoms. The van der Waals surface area contributed by atoms with Crippen molar-refractivity contribution in [2.24, 2.45) is 11.8 Å². The maximum absolute atomic E-state index is 12.3. The van der Waals surface area contributed by atoms with Crippen LogP contribution in [-0.4, -0.2) is 29.0 Å². The molecule has 1 aliphatic rings. The van der Waals surface area contributed by atoms with Gasteiger partial charge >= 0.3 is 0 Å². The van der Waals surface area contributed by atoms with Crippen molar-refractivity contribution in [1.82, 2.24) is 4.90 Å². The Morgan fingerprint density at radius 3 is 2.44 bits per heavy atom. The molecular weight excluding hydrogens is 226 g/mol. The Balaban J connectivity index is 2.02. The predicted molar refractivity (Wildman–Crippen MR) is 71.6 cm³/mol. The van der Waals surface area contributed by atoms with Crippen molar-refractivity contribution in [3.63, 3.8) is 0 Å². The van der Waals surface area contributed by atoms with Gasteiger partial charge in [0.15, 0.2) is 0 Å². The summed E-state index contributed by atoms with van der Waals surface area (Å²) in [4.78, 5) is 14.1. The monoisotopic (exact) mass is 247 g/mol. The molecule has 0 radical (unpaired) electrons. The molecule has 98 valence electrons. The van der Waals surface area contributed by atoms with Gasteiger partial charge in [-0.2, -0.15) is 0 Å². The van der Waals surface area contributed by atoms with Gasteiger partial charge in [0.1, 0.15) is 5.75 Å². The Morgan fingerprint density at radius 1 is 1.28 bits per heavy atom. The van der Waals surface area contributed by atoms with Gasteiger partial charge in [-0.15, -0.1) is 0 Å². The summed E-state index contributed by atoms with van der Waals surface area (Å²) in [6.45, 7) is 6.09. The topological polar surface area (TPSA) is 40.5 Å². The summed E-state index contributed by atoms with van der Waals surface area (Å²) in [5.41, 5.74) is 0.417. The highest BCUT2D eigenvalue weighted by Crippen LogP contribution is 2.26. The fraction of sp³-hybridized carbons (Fsp3) is 0.533. The first kappa shape index (κ1) is 12.9. The van der Waals surface area contributed by atoms with Crippen molar-refractivity contribution in [1.29, 1.82) is 0 Å². The smallest absolute Gasteiger partial charge is 0.257 e. The molecule has 3 nitrogen and oxygen atoms in total. The van der Waals surface area contributed by atoms with Crippen LogP contribution in [0.5, 0.6) is 5.75 Å². The maximum Gasteiger partial charge on any atom is 0.257 e. The van der Waals surface area contributed by atoms with Crippen LogP contribution in [0.2, 0.25) is 0 Å². The number of piperidine rings is 1. The minimum Gasteiger partial charge on any atom is -0.507 e. The van der Waals surface area contributed by atoms with E-state index in [0.717, 1.165) is 31.8 Å². The van der Waals surface area contributed by atoms with E-state index in [9.17, 15) is 9.90 Å². The first-order valence-electron chi connectivity index (χ1n) is 6.67. The summed E-state index contributed by atoms with van der Waals surface area (Å²) in [6, 6.07) is 6.77. The lowest BCUT2D eigenvalue weighted by Gasteiger charge is -2.34. The number of amides is 1. The molecule has 1 saturated heterocycles. The first-order valence-corrected chi connectivity index (χ1v) is 6.67. The van der Waals surface area contributed by atoms with Gasteiger partial charge in [-0.25, -0.2) is 0 Å². The highest BCUT2D eigenvalue weighted by molar-refractivity contribution is 5.96. The van der Waals surface area contributed by atoms with E-state index < -0.39 is 0 Å². The average molecular weight is 247 g/mol. The van der Waals surface area contributed by atoms with Crippen LogP contribution in [0.3, 0.4) is 0 Å². The van der Waals surface area contributed by atoms with Crippen LogP contribution >= 0.6 is 0 Å². The van der Waals surface area contributed by atoms with Crippen LogP contribution < -0.4 is 0 Å². The van der Waals surface area contributed by atoms with Gasteiger partial charge in [0, 0.05) is 13.1 Å². The van der Waals surface area contributed by atoms with Crippen LogP contribution in [0.25, 0.3) is 0 Å². The van der Waals surface area contributed by atoms with E-state index >= 15 is 0 Å². The Bertz CT molecular complexity index is 420. The second kappa shape index (κ2) is 5.42.